The number of nitrogens with one attached hydrogen (secondary N) is 3. The van der Waals surface area contributed by atoms with Crippen molar-refractivity contribution < 1.29 is 18.8 Å². The maximum absolute atomic E-state index is 13.7. The Morgan fingerprint density at radius 3 is 2.75 bits per heavy atom. The first kappa shape index (κ1) is 21.6. The molecule has 3 heterocycles. The molecule has 0 spiro atoms. The second-order valence-electron chi connectivity index (χ2n) is 8.45. The van der Waals surface area contributed by atoms with Crippen LogP contribution in [0.3, 0.4) is 0 Å². The number of aromatic amines is 1. The maximum Gasteiger partial charge on any atom is 0.319 e. The highest BCUT2D eigenvalue weighted by Crippen LogP contribution is 2.34. The number of halogens is 1. The van der Waals surface area contributed by atoms with E-state index >= 15 is 0 Å². The van der Waals surface area contributed by atoms with Crippen LogP contribution in [0.5, 0.6) is 0 Å². The lowest BCUT2D eigenvalue weighted by molar-refractivity contribution is -0.110. The number of H-pyrrole nitrogens is 1. The molecule has 1 aromatic carbocycles. The van der Waals surface area contributed by atoms with Gasteiger partial charge in [0.25, 0.3) is 11.8 Å². The smallest absolute Gasteiger partial charge is 0.319 e. The second kappa shape index (κ2) is 8.14. The number of aromatic nitrogens is 1. The normalized spacial score (nSPS) is 18.7. The largest absolute Gasteiger partial charge is 0.358 e. The van der Waals surface area contributed by atoms with Gasteiger partial charge >= 0.3 is 6.03 Å². The zero-order chi connectivity index (χ0) is 23.2. The number of benzene rings is 1. The zero-order valence-electron chi connectivity index (χ0n) is 18.5. The van der Waals surface area contributed by atoms with Gasteiger partial charge in [0.2, 0.25) is 0 Å². The Balaban J connectivity index is 1.55. The molecule has 1 atom stereocenters. The van der Waals surface area contributed by atoms with E-state index in [2.05, 4.69) is 15.6 Å². The Hall–Kier alpha value is -3.62. The lowest BCUT2D eigenvalue weighted by atomic mass is 10.0. The Labute approximate surface area is 185 Å². The molecule has 1 aromatic heterocycles. The molecule has 0 saturated carbocycles. The van der Waals surface area contributed by atoms with Crippen molar-refractivity contribution in [2.45, 2.75) is 26.3 Å². The number of carbonyl (C=O) groups excluding carboxylic acids is 3. The molecule has 0 bridgehead atoms. The molecule has 168 valence electrons. The minimum absolute atomic E-state index is 0.0729. The van der Waals surface area contributed by atoms with Crippen molar-refractivity contribution in [1.82, 2.24) is 20.1 Å². The van der Waals surface area contributed by atoms with E-state index in [0.717, 1.165) is 0 Å². The van der Waals surface area contributed by atoms with Crippen LogP contribution in [0.15, 0.2) is 18.2 Å². The van der Waals surface area contributed by atoms with Crippen molar-refractivity contribution in [2.75, 3.05) is 32.5 Å². The molecule has 0 unspecified atom stereocenters. The third-order valence-electron chi connectivity index (χ3n) is 5.93. The van der Waals surface area contributed by atoms with Crippen LogP contribution >= 0.6 is 0 Å². The van der Waals surface area contributed by atoms with Gasteiger partial charge in [-0.1, -0.05) is 0 Å². The van der Waals surface area contributed by atoms with Crippen LogP contribution in [0, 0.1) is 19.7 Å². The molecule has 32 heavy (non-hydrogen) atoms. The van der Waals surface area contributed by atoms with Crippen molar-refractivity contribution >= 4 is 35.2 Å². The first-order valence-corrected chi connectivity index (χ1v) is 10.4. The molecule has 2 aliphatic rings. The Morgan fingerprint density at radius 1 is 1.28 bits per heavy atom. The molecule has 4 rings (SSSR count). The van der Waals surface area contributed by atoms with Crippen molar-refractivity contribution in [1.29, 1.82) is 0 Å². The first-order valence-electron chi connectivity index (χ1n) is 10.4. The number of aryl methyl sites for hydroxylation is 1. The highest BCUT2D eigenvalue weighted by Gasteiger charge is 2.30. The number of likely N-dealkylation sites (tertiary alicyclic amines) is 1. The zero-order valence-corrected chi connectivity index (χ0v) is 18.5. The predicted octanol–water partition coefficient (Wildman–Crippen LogP) is 2.75. The molecule has 8 nitrogen and oxygen atoms in total. The molecular weight excluding hydrogens is 413 g/mol. The number of hydrogen-bond acceptors (Lipinski definition) is 3. The van der Waals surface area contributed by atoms with E-state index < -0.39 is 5.82 Å². The summed E-state index contributed by atoms with van der Waals surface area (Å²) >= 11 is 0. The van der Waals surface area contributed by atoms with E-state index in [4.69, 9.17) is 0 Å². The van der Waals surface area contributed by atoms with E-state index in [1.54, 1.807) is 38.9 Å². The fourth-order valence-corrected chi connectivity index (χ4v) is 4.30. The molecule has 2 aromatic rings. The summed E-state index contributed by atoms with van der Waals surface area (Å²) in [5, 5.41) is 5.74. The fraction of sp³-hybridized carbons (Fsp3) is 0.348. The highest BCUT2D eigenvalue weighted by atomic mass is 19.1. The quantitative estimate of drug-likeness (QED) is 0.642. The molecular formula is C23H26FN5O3. The van der Waals surface area contributed by atoms with Gasteiger partial charge in [-0.05, 0) is 50.1 Å². The third-order valence-corrected chi connectivity index (χ3v) is 5.93. The molecule has 4 amide bonds. The molecule has 1 fully saturated rings. The van der Waals surface area contributed by atoms with Gasteiger partial charge in [0.1, 0.15) is 5.82 Å². The number of urea groups is 1. The standard InChI is InChI=1S/C23H26FN5O3/c1-12-19(10-17-16-9-14(24)5-6-18(16)27-21(17)30)25-13(2)20(12)22(31)26-15-7-8-29(11-15)23(32)28(3)4/h5-6,9-10,15,25H,7-8,11H2,1-4H3,(H,26,31)(H,27,30)/b17-10+/t15-/m0/s1. The van der Waals surface area contributed by atoms with E-state index in [0.29, 0.717) is 58.8 Å². The van der Waals surface area contributed by atoms with Gasteiger partial charge in [0.15, 0.2) is 0 Å². The van der Waals surface area contributed by atoms with Gasteiger partial charge in [-0.3, -0.25) is 9.59 Å². The van der Waals surface area contributed by atoms with Gasteiger partial charge in [-0.25, -0.2) is 9.18 Å². The average Bonchev–Trinajstić information content (AvgIpc) is 3.38. The van der Waals surface area contributed by atoms with Crippen LogP contribution in [0.4, 0.5) is 14.9 Å². The van der Waals surface area contributed by atoms with E-state index in [9.17, 15) is 18.8 Å². The molecule has 1 saturated heterocycles. The summed E-state index contributed by atoms with van der Waals surface area (Å²) in [7, 11) is 3.41. The molecule has 9 heteroatoms. The monoisotopic (exact) mass is 439 g/mol. The lowest BCUT2D eigenvalue weighted by Crippen LogP contribution is -2.41. The van der Waals surface area contributed by atoms with Gasteiger partial charge < -0.3 is 25.4 Å². The Bertz CT molecular complexity index is 1150. The van der Waals surface area contributed by atoms with Gasteiger partial charge in [-0.15, -0.1) is 0 Å². The van der Waals surface area contributed by atoms with E-state index in [1.807, 2.05) is 0 Å². The van der Waals surface area contributed by atoms with Crippen molar-refractivity contribution in [3.8, 4) is 0 Å². The van der Waals surface area contributed by atoms with Crippen LogP contribution in [-0.4, -0.2) is 65.9 Å². The first-order chi connectivity index (χ1) is 15.2. The van der Waals surface area contributed by atoms with Crippen LogP contribution in [0.1, 0.15) is 39.3 Å². The number of nitrogens with zero attached hydrogens (tertiary/aromatic N) is 2. The van der Waals surface area contributed by atoms with Gasteiger partial charge in [0, 0.05) is 55.9 Å². The number of rotatable bonds is 3. The minimum Gasteiger partial charge on any atom is -0.358 e. The topological polar surface area (TPSA) is 97.5 Å². The van der Waals surface area contributed by atoms with Crippen molar-refractivity contribution in [3.05, 3.63) is 52.1 Å². The van der Waals surface area contributed by atoms with E-state index in [-0.39, 0.29) is 23.9 Å². The number of anilines is 1. The summed E-state index contributed by atoms with van der Waals surface area (Å²) in [5.74, 6) is -0.976. The molecule has 2 aliphatic heterocycles. The summed E-state index contributed by atoms with van der Waals surface area (Å²) in [6, 6.07) is 3.94. The average molecular weight is 439 g/mol. The Morgan fingerprint density at radius 2 is 2.03 bits per heavy atom. The van der Waals surface area contributed by atoms with Crippen molar-refractivity contribution in [2.24, 2.45) is 0 Å². The fourth-order valence-electron chi connectivity index (χ4n) is 4.30. The van der Waals surface area contributed by atoms with Crippen molar-refractivity contribution in [3.63, 3.8) is 0 Å². The number of carbonyl (C=O) groups is 3. The minimum atomic E-state index is -0.427. The number of amides is 4. The predicted molar refractivity (Wildman–Crippen MR) is 120 cm³/mol. The highest BCUT2D eigenvalue weighted by molar-refractivity contribution is 6.34. The summed E-state index contributed by atoms with van der Waals surface area (Å²) < 4.78 is 13.7. The summed E-state index contributed by atoms with van der Waals surface area (Å²) in [4.78, 5) is 44.0. The van der Waals surface area contributed by atoms with Crippen LogP contribution in [0.25, 0.3) is 11.6 Å². The molecule has 0 aliphatic carbocycles. The van der Waals surface area contributed by atoms with Crippen LogP contribution in [0.2, 0.25) is 0 Å². The summed E-state index contributed by atoms with van der Waals surface area (Å²) in [6.45, 7) is 4.66. The molecule has 0 radical (unpaired) electrons. The number of fused-ring (bicyclic) bond motifs is 1. The number of hydrogen-bond donors (Lipinski definition) is 3. The van der Waals surface area contributed by atoms with E-state index in [1.165, 1.54) is 23.1 Å². The third kappa shape index (κ3) is 3.86. The van der Waals surface area contributed by atoms with Gasteiger partial charge in [0.05, 0.1) is 11.1 Å². The van der Waals surface area contributed by atoms with Crippen LogP contribution < -0.4 is 10.6 Å². The molecule has 3 N–H and O–H groups in total. The maximum atomic E-state index is 13.7. The second-order valence-corrected chi connectivity index (χ2v) is 8.45. The SMILES string of the molecule is Cc1[nH]c(/C=C2/C(=O)Nc3ccc(F)cc32)c(C)c1C(=O)N[C@H]1CCN(C(=O)N(C)C)C1. The summed E-state index contributed by atoms with van der Waals surface area (Å²) in [6.07, 6.45) is 2.33. The van der Waals surface area contributed by atoms with Gasteiger partial charge in [-0.2, -0.15) is 0 Å². The Kier molecular flexibility index (Phi) is 5.50. The lowest BCUT2D eigenvalue weighted by Gasteiger charge is -2.21. The van der Waals surface area contributed by atoms with Crippen LogP contribution in [-0.2, 0) is 4.79 Å². The summed E-state index contributed by atoms with van der Waals surface area (Å²) in [5.41, 5.74) is 3.87.